The number of carbonyl (C=O) groups is 2. The molecule has 0 aliphatic carbocycles. The van der Waals surface area contributed by atoms with Crippen LogP contribution in [0.25, 0.3) is 0 Å². The monoisotopic (exact) mass is 290 g/mol. The van der Waals surface area contributed by atoms with Crippen LogP contribution in [0, 0.1) is 5.41 Å². The number of carboxylic acid groups (broad SMARTS) is 1. The number of hydrogen-bond donors (Lipinski definition) is 2. The van der Waals surface area contributed by atoms with Crippen molar-refractivity contribution >= 4 is 17.6 Å². The molecule has 2 rings (SSSR count). The van der Waals surface area contributed by atoms with Gasteiger partial charge in [0, 0.05) is 17.6 Å². The number of carboxylic acids is 1. The van der Waals surface area contributed by atoms with E-state index in [1.54, 1.807) is 33.8 Å². The lowest BCUT2D eigenvalue weighted by Gasteiger charge is -2.40. The molecule has 0 bridgehead atoms. The first kappa shape index (κ1) is 15.5. The molecule has 0 saturated carbocycles. The first-order valence-corrected chi connectivity index (χ1v) is 7.00. The highest BCUT2D eigenvalue weighted by Crippen LogP contribution is 2.38. The Bertz CT molecular complexity index is 587. The normalized spacial score (nSPS) is 18.5. The van der Waals surface area contributed by atoms with Crippen molar-refractivity contribution in [3.8, 4) is 0 Å². The van der Waals surface area contributed by atoms with Gasteiger partial charge in [0.1, 0.15) is 6.04 Å². The molecule has 5 heteroatoms. The number of nitrogens with two attached hydrogens (primary N) is 1. The summed E-state index contributed by atoms with van der Waals surface area (Å²) >= 11 is 0. The average molecular weight is 290 g/mol. The second-order valence-corrected chi connectivity index (χ2v) is 6.71. The Morgan fingerprint density at radius 3 is 2.33 bits per heavy atom. The van der Waals surface area contributed by atoms with Crippen molar-refractivity contribution in [2.24, 2.45) is 11.1 Å². The van der Waals surface area contributed by atoms with Crippen LogP contribution >= 0.6 is 0 Å². The van der Waals surface area contributed by atoms with E-state index in [0.29, 0.717) is 12.1 Å². The van der Waals surface area contributed by atoms with E-state index >= 15 is 0 Å². The Morgan fingerprint density at radius 1 is 1.24 bits per heavy atom. The van der Waals surface area contributed by atoms with Crippen LogP contribution in [-0.2, 0) is 16.0 Å². The molecule has 1 aliphatic rings. The number of para-hydroxylation sites is 1. The lowest BCUT2D eigenvalue weighted by Crippen LogP contribution is -2.58. The molecule has 0 radical (unpaired) electrons. The van der Waals surface area contributed by atoms with Crippen molar-refractivity contribution in [2.75, 3.05) is 4.90 Å². The van der Waals surface area contributed by atoms with Gasteiger partial charge in [-0.3, -0.25) is 9.69 Å². The van der Waals surface area contributed by atoms with Gasteiger partial charge in [-0.2, -0.15) is 0 Å². The van der Waals surface area contributed by atoms with Crippen LogP contribution in [0.2, 0.25) is 0 Å². The zero-order valence-electron chi connectivity index (χ0n) is 12.9. The molecule has 0 aromatic heterocycles. The maximum atomic E-state index is 13.0. The van der Waals surface area contributed by atoms with E-state index in [9.17, 15) is 14.7 Å². The molecule has 1 unspecified atom stereocenters. The van der Waals surface area contributed by atoms with Gasteiger partial charge in [-0.25, -0.2) is 4.79 Å². The van der Waals surface area contributed by atoms with E-state index in [1.165, 1.54) is 4.90 Å². The van der Waals surface area contributed by atoms with Crippen molar-refractivity contribution in [1.82, 2.24) is 0 Å². The Morgan fingerprint density at radius 2 is 1.81 bits per heavy atom. The third kappa shape index (κ3) is 2.42. The summed E-state index contributed by atoms with van der Waals surface area (Å²) in [6.45, 7) is 7.08. The van der Waals surface area contributed by atoms with E-state index in [1.807, 2.05) is 18.2 Å². The van der Waals surface area contributed by atoms with Crippen LogP contribution in [0.4, 0.5) is 5.69 Å². The minimum atomic E-state index is -0.995. The molecule has 21 heavy (non-hydrogen) atoms. The number of benzene rings is 1. The Balaban J connectivity index is 2.49. The number of rotatable bonds is 3. The zero-order chi connectivity index (χ0) is 16.0. The third-order valence-corrected chi connectivity index (χ3v) is 4.63. The molecular weight excluding hydrogens is 268 g/mol. The number of amides is 1. The van der Waals surface area contributed by atoms with Gasteiger partial charge in [-0.05, 0) is 39.3 Å². The lowest BCUT2D eigenvalue weighted by molar-refractivity contribution is -0.141. The topological polar surface area (TPSA) is 83.6 Å². The lowest BCUT2D eigenvalue weighted by atomic mass is 9.74. The van der Waals surface area contributed by atoms with Gasteiger partial charge in [0.15, 0.2) is 0 Å². The fourth-order valence-electron chi connectivity index (χ4n) is 2.41. The summed E-state index contributed by atoms with van der Waals surface area (Å²) in [5, 5.41) is 9.45. The summed E-state index contributed by atoms with van der Waals surface area (Å²) in [4.78, 5) is 25.9. The highest BCUT2D eigenvalue weighted by Gasteiger charge is 2.48. The number of anilines is 1. The smallest absolute Gasteiger partial charge is 0.327 e. The maximum absolute atomic E-state index is 13.0. The van der Waals surface area contributed by atoms with Crippen molar-refractivity contribution in [2.45, 2.75) is 45.7 Å². The minimum absolute atomic E-state index is 0.257. The first-order chi connectivity index (χ1) is 9.57. The van der Waals surface area contributed by atoms with Crippen molar-refractivity contribution < 1.29 is 14.7 Å². The molecule has 1 aromatic carbocycles. The van der Waals surface area contributed by atoms with Crippen LogP contribution < -0.4 is 10.6 Å². The van der Waals surface area contributed by atoms with Crippen molar-refractivity contribution in [1.29, 1.82) is 0 Å². The van der Waals surface area contributed by atoms with E-state index in [2.05, 4.69) is 0 Å². The molecule has 1 atom stereocenters. The summed E-state index contributed by atoms with van der Waals surface area (Å²) in [5.41, 5.74) is 6.04. The fourth-order valence-corrected chi connectivity index (χ4v) is 2.41. The quantitative estimate of drug-likeness (QED) is 0.889. The number of nitrogens with zero attached hydrogens (tertiary/aromatic N) is 1. The van der Waals surface area contributed by atoms with Gasteiger partial charge in [0.25, 0.3) is 0 Å². The predicted molar refractivity (Wildman–Crippen MR) is 81.1 cm³/mol. The van der Waals surface area contributed by atoms with E-state index < -0.39 is 23.0 Å². The van der Waals surface area contributed by atoms with E-state index in [-0.39, 0.29) is 5.91 Å². The van der Waals surface area contributed by atoms with Crippen molar-refractivity contribution in [3.63, 3.8) is 0 Å². The molecule has 3 N–H and O–H groups in total. The number of fused-ring (bicyclic) bond motifs is 1. The molecule has 1 heterocycles. The van der Waals surface area contributed by atoms with Gasteiger partial charge in [-0.1, -0.05) is 18.2 Å². The van der Waals surface area contributed by atoms with Crippen LogP contribution in [0.3, 0.4) is 0 Å². The van der Waals surface area contributed by atoms with Crippen LogP contribution in [-0.4, -0.2) is 28.6 Å². The molecule has 114 valence electrons. The molecule has 1 aromatic rings. The average Bonchev–Trinajstić information content (AvgIpc) is 2.75. The molecule has 5 nitrogen and oxygen atoms in total. The van der Waals surface area contributed by atoms with Gasteiger partial charge in [-0.15, -0.1) is 0 Å². The van der Waals surface area contributed by atoms with Crippen LogP contribution in [0.1, 0.15) is 33.3 Å². The maximum Gasteiger partial charge on any atom is 0.327 e. The summed E-state index contributed by atoms with van der Waals surface area (Å²) in [6, 6.07) is 6.44. The highest BCUT2D eigenvalue weighted by atomic mass is 16.4. The molecule has 0 spiro atoms. The van der Waals surface area contributed by atoms with Crippen molar-refractivity contribution in [3.05, 3.63) is 29.8 Å². The number of carbonyl (C=O) groups excluding carboxylic acids is 1. The first-order valence-electron chi connectivity index (χ1n) is 7.00. The Kier molecular flexibility index (Phi) is 3.58. The van der Waals surface area contributed by atoms with Crippen LogP contribution in [0.15, 0.2) is 24.3 Å². The summed E-state index contributed by atoms with van der Waals surface area (Å²) < 4.78 is 0. The third-order valence-electron chi connectivity index (χ3n) is 4.63. The summed E-state index contributed by atoms with van der Waals surface area (Å²) in [6.07, 6.45) is 0.332. The number of hydrogen-bond acceptors (Lipinski definition) is 3. The minimum Gasteiger partial charge on any atom is -0.480 e. The molecule has 1 aliphatic heterocycles. The SMILES string of the molecule is CC(C)(N)C(C)(C)C(=O)N1c2ccccc2CC1C(=O)O. The standard InChI is InChI=1S/C16H22N2O3/c1-15(2,16(3,4)17)14(21)18-11-8-6-5-7-10(11)9-12(18)13(19)20/h5-8,12H,9,17H2,1-4H3,(H,19,20). The van der Waals surface area contributed by atoms with E-state index in [0.717, 1.165) is 5.56 Å². The van der Waals surface area contributed by atoms with E-state index in [4.69, 9.17) is 5.73 Å². The van der Waals surface area contributed by atoms with Gasteiger partial charge < -0.3 is 10.8 Å². The fraction of sp³-hybridized carbons (Fsp3) is 0.500. The summed E-state index contributed by atoms with van der Waals surface area (Å²) in [5.74, 6) is -1.25. The van der Waals surface area contributed by atoms with Gasteiger partial charge in [0.05, 0.1) is 5.41 Å². The molecule has 0 saturated heterocycles. The van der Waals surface area contributed by atoms with Crippen LogP contribution in [0.5, 0.6) is 0 Å². The molecule has 0 fully saturated rings. The largest absolute Gasteiger partial charge is 0.480 e. The molecule has 1 amide bonds. The second-order valence-electron chi connectivity index (χ2n) is 6.71. The van der Waals surface area contributed by atoms with Gasteiger partial charge in [0.2, 0.25) is 5.91 Å². The second kappa shape index (κ2) is 4.84. The Labute approximate surface area is 124 Å². The zero-order valence-corrected chi connectivity index (χ0v) is 12.9. The predicted octanol–water partition coefficient (Wildman–Crippen LogP) is 1.79. The Hall–Kier alpha value is -1.88. The number of aliphatic carboxylic acids is 1. The van der Waals surface area contributed by atoms with Gasteiger partial charge >= 0.3 is 5.97 Å². The molecular formula is C16H22N2O3. The highest BCUT2D eigenvalue weighted by molar-refractivity contribution is 6.04. The summed E-state index contributed by atoms with van der Waals surface area (Å²) in [7, 11) is 0.